The first kappa shape index (κ1) is 24.8. The summed E-state index contributed by atoms with van der Waals surface area (Å²) in [7, 11) is -0.841. The number of benzene rings is 2. The Morgan fingerprint density at radius 1 is 1.11 bits per heavy atom. The largest absolute Gasteiger partial charge is 0.495 e. The van der Waals surface area contributed by atoms with Crippen molar-refractivity contribution < 1.29 is 17.9 Å². The Kier molecular flexibility index (Phi) is 6.88. The van der Waals surface area contributed by atoms with Gasteiger partial charge in [-0.3, -0.25) is 14.2 Å². The molecule has 11 heteroatoms. The minimum Gasteiger partial charge on any atom is -0.495 e. The molecule has 0 aliphatic rings. The van der Waals surface area contributed by atoms with Gasteiger partial charge in [0.1, 0.15) is 15.0 Å². The molecule has 0 saturated carbocycles. The fraction of sp³-hybridized carbons (Fsp3) is 0.167. The van der Waals surface area contributed by atoms with E-state index in [1.165, 1.54) is 19.2 Å². The van der Waals surface area contributed by atoms with Gasteiger partial charge in [0.2, 0.25) is 0 Å². The molecule has 4 rings (SSSR count). The number of ether oxygens (including phenoxy) is 1. The molecule has 1 amide bonds. The van der Waals surface area contributed by atoms with E-state index >= 15 is 0 Å². The Morgan fingerprint density at radius 2 is 1.83 bits per heavy atom. The number of hydrogen-bond donors (Lipinski definition) is 2. The number of nitrogens with one attached hydrogen (secondary N) is 2. The van der Waals surface area contributed by atoms with Gasteiger partial charge in [-0.15, -0.1) is 11.3 Å². The SMILES string of the molecule is COc1ccc(NC(=O)c2cc(-c3ccnn3C)c(Cl)s2)cc1S(=O)(=O)Nc1c(C)cccc1C. The van der Waals surface area contributed by atoms with E-state index in [1.807, 2.05) is 32.0 Å². The molecule has 182 valence electrons. The lowest BCUT2D eigenvalue weighted by atomic mass is 10.1. The van der Waals surface area contributed by atoms with Gasteiger partial charge in [-0.2, -0.15) is 5.10 Å². The molecule has 0 radical (unpaired) electrons. The van der Waals surface area contributed by atoms with Crippen molar-refractivity contribution in [1.29, 1.82) is 0 Å². The number of para-hydroxylation sites is 1. The minimum absolute atomic E-state index is 0.0970. The van der Waals surface area contributed by atoms with E-state index in [9.17, 15) is 13.2 Å². The van der Waals surface area contributed by atoms with E-state index in [1.54, 1.807) is 36.1 Å². The molecule has 2 heterocycles. The van der Waals surface area contributed by atoms with Crippen LogP contribution in [0.25, 0.3) is 11.3 Å². The van der Waals surface area contributed by atoms with Crippen LogP contribution in [0.5, 0.6) is 5.75 Å². The van der Waals surface area contributed by atoms with Gasteiger partial charge in [-0.1, -0.05) is 29.8 Å². The molecule has 0 bridgehead atoms. The van der Waals surface area contributed by atoms with Gasteiger partial charge in [0.15, 0.2) is 0 Å². The maximum absolute atomic E-state index is 13.3. The second kappa shape index (κ2) is 9.73. The van der Waals surface area contributed by atoms with Crippen molar-refractivity contribution in [3.05, 3.63) is 75.1 Å². The number of amides is 1. The smallest absolute Gasteiger partial charge is 0.265 e. The lowest BCUT2D eigenvalue weighted by Crippen LogP contribution is -2.17. The van der Waals surface area contributed by atoms with E-state index in [2.05, 4.69) is 15.1 Å². The van der Waals surface area contributed by atoms with E-state index in [4.69, 9.17) is 16.3 Å². The number of halogens is 1. The van der Waals surface area contributed by atoms with Crippen molar-refractivity contribution in [3.8, 4) is 17.0 Å². The average molecular weight is 531 g/mol. The number of hydrogen-bond acceptors (Lipinski definition) is 6. The Labute approximate surface area is 212 Å². The third-order valence-electron chi connectivity index (χ3n) is 5.44. The monoisotopic (exact) mass is 530 g/mol. The third-order valence-corrected chi connectivity index (χ3v) is 8.16. The maximum Gasteiger partial charge on any atom is 0.265 e. The van der Waals surface area contributed by atoms with Crippen LogP contribution >= 0.6 is 22.9 Å². The minimum atomic E-state index is -4.02. The molecule has 0 atom stereocenters. The summed E-state index contributed by atoms with van der Waals surface area (Å²) in [6.07, 6.45) is 1.65. The quantitative estimate of drug-likeness (QED) is 0.329. The van der Waals surface area contributed by atoms with Crippen LogP contribution in [0.15, 0.2) is 59.6 Å². The molecule has 0 unspecified atom stereocenters. The summed E-state index contributed by atoms with van der Waals surface area (Å²) in [5, 5.41) is 6.88. The first-order chi connectivity index (χ1) is 16.6. The molecule has 0 aliphatic heterocycles. The fourth-order valence-corrected chi connectivity index (χ4v) is 6.20. The van der Waals surface area contributed by atoms with E-state index in [-0.39, 0.29) is 10.6 Å². The van der Waals surface area contributed by atoms with E-state index < -0.39 is 15.9 Å². The topological polar surface area (TPSA) is 102 Å². The second-order valence-electron chi connectivity index (χ2n) is 7.83. The molecule has 2 aromatic heterocycles. The van der Waals surface area contributed by atoms with Gasteiger partial charge in [0, 0.05) is 24.5 Å². The van der Waals surface area contributed by atoms with Gasteiger partial charge in [-0.25, -0.2) is 8.42 Å². The van der Waals surface area contributed by atoms with Crippen LogP contribution in [0.2, 0.25) is 4.34 Å². The van der Waals surface area contributed by atoms with Crippen molar-refractivity contribution in [2.45, 2.75) is 18.7 Å². The molecule has 0 spiro atoms. The highest BCUT2D eigenvalue weighted by Gasteiger charge is 2.23. The summed E-state index contributed by atoms with van der Waals surface area (Å²) in [5.74, 6) is -0.263. The summed E-state index contributed by atoms with van der Waals surface area (Å²) in [6, 6.07) is 13.4. The number of thiophene rings is 1. The van der Waals surface area contributed by atoms with Crippen molar-refractivity contribution >= 4 is 50.2 Å². The van der Waals surface area contributed by atoms with Crippen molar-refractivity contribution in [3.63, 3.8) is 0 Å². The predicted molar refractivity (Wildman–Crippen MR) is 139 cm³/mol. The first-order valence-electron chi connectivity index (χ1n) is 10.5. The zero-order valence-electron chi connectivity index (χ0n) is 19.4. The average Bonchev–Trinajstić information content (AvgIpc) is 3.41. The van der Waals surface area contributed by atoms with Crippen LogP contribution in [-0.4, -0.2) is 31.2 Å². The van der Waals surface area contributed by atoms with Gasteiger partial charge in [0.25, 0.3) is 15.9 Å². The number of anilines is 2. The number of sulfonamides is 1. The molecule has 35 heavy (non-hydrogen) atoms. The molecule has 0 fully saturated rings. The van der Waals surface area contributed by atoms with Gasteiger partial charge < -0.3 is 10.1 Å². The zero-order valence-corrected chi connectivity index (χ0v) is 21.8. The van der Waals surface area contributed by atoms with E-state index in [0.29, 0.717) is 26.2 Å². The van der Waals surface area contributed by atoms with Crippen LogP contribution in [0.4, 0.5) is 11.4 Å². The van der Waals surface area contributed by atoms with Crippen LogP contribution in [0.3, 0.4) is 0 Å². The molecule has 2 N–H and O–H groups in total. The zero-order chi connectivity index (χ0) is 25.3. The number of methoxy groups -OCH3 is 1. The number of rotatable bonds is 7. The van der Waals surface area contributed by atoms with Gasteiger partial charge in [-0.05, 0) is 55.3 Å². The summed E-state index contributed by atoms with van der Waals surface area (Å²) in [6.45, 7) is 3.65. The Morgan fingerprint density at radius 3 is 2.46 bits per heavy atom. The Balaban J connectivity index is 1.63. The number of carbonyl (C=O) groups excluding carboxylic acids is 1. The molecule has 2 aromatic carbocycles. The number of aryl methyl sites for hydroxylation is 3. The highest BCUT2D eigenvalue weighted by atomic mass is 35.5. The third kappa shape index (κ3) is 5.04. The molecule has 0 aliphatic carbocycles. The summed E-state index contributed by atoms with van der Waals surface area (Å²) in [4.78, 5) is 13.2. The molecule has 0 saturated heterocycles. The summed E-state index contributed by atoms with van der Waals surface area (Å²) >= 11 is 7.50. The van der Waals surface area contributed by atoms with Crippen LogP contribution in [0, 0.1) is 13.8 Å². The maximum atomic E-state index is 13.3. The summed E-state index contributed by atoms with van der Waals surface area (Å²) in [5.41, 5.74) is 3.84. The lowest BCUT2D eigenvalue weighted by Gasteiger charge is -2.16. The second-order valence-corrected chi connectivity index (χ2v) is 11.1. The number of aromatic nitrogens is 2. The number of carbonyl (C=O) groups is 1. The van der Waals surface area contributed by atoms with Crippen molar-refractivity contribution in [2.75, 3.05) is 17.1 Å². The molecule has 8 nitrogen and oxygen atoms in total. The van der Waals surface area contributed by atoms with Crippen LogP contribution < -0.4 is 14.8 Å². The van der Waals surface area contributed by atoms with Crippen molar-refractivity contribution in [1.82, 2.24) is 9.78 Å². The Hall–Kier alpha value is -3.34. The van der Waals surface area contributed by atoms with Gasteiger partial charge in [0.05, 0.1) is 23.4 Å². The highest BCUT2D eigenvalue weighted by Crippen LogP contribution is 2.36. The van der Waals surface area contributed by atoms with Crippen LogP contribution in [-0.2, 0) is 17.1 Å². The molecule has 4 aromatic rings. The summed E-state index contributed by atoms with van der Waals surface area (Å²) < 4.78 is 36.6. The predicted octanol–water partition coefficient (Wildman–Crippen LogP) is 5.48. The Bertz CT molecular complexity index is 1510. The molecular formula is C24H23ClN4O4S2. The van der Waals surface area contributed by atoms with Crippen molar-refractivity contribution in [2.24, 2.45) is 7.05 Å². The highest BCUT2D eigenvalue weighted by molar-refractivity contribution is 7.92. The normalized spacial score (nSPS) is 11.3. The van der Waals surface area contributed by atoms with E-state index in [0.717, 1.165) is 28.2 Å². The molecular weight excluding hydrogens is 508 g/mol. The standard InChI is InChI=1S/C24H23ClN4O4S2/c1-14-6-5-7-15(2)22(14)28-35(31,32)21-12-16(8-9-19(21)33-4)27-24(30)20-13-17(23(25)34-20)18-10-11-26-29(18)3/h5-13,28H,1-4H3,(H,27,30). The number of nitrogens with zero attached hydrogens (tertiary/aromatic N) is 2. The van der Waals surface area contributed by atoms with Gasteiger partial charge >= 0.3 is 0 Å². The first-order valence-corrected chi connectivity index (χ1v) is 13.1. The van der Waals surface area contributed by atoms with Crippen LogP contribution in [0.1, 0.15) is 20.8 Å². The lowest BCUT2D eigenvalue weighted by molar-refractivity contribution is 0.103. The fourth-order valence-electron chi connectivity index (χ4n) is 3.62.